The molecule has 534 valence electrons. The second kappa shape index (κ2) is 37.7. The monoisotopic (exact) mass is 1590 g/mol. The summed E-state index contributed by atoms with van der Waals surface area (Å²) in [5.41, 5.74) is 11.4. The van der Waals surface area contributed by atoms with Crippen molar-refractivity contribution in [3.8, 4) is 34.5 Å². The number of nitrogens with one attached hydrogen (secondary N) is 3. The van der Waals surface area contributed by atoms with E-state index in [1.54, 1.807) is 127 Å². The van der Waals surface area contributed by atoms with E-state index in [0.29, 0.717) is 95.4 Å². The van der Waals surface area contributed by atoms with E-state index in [0.717, 1.165) is 30.3 Å². The van der Waals surface area contributed by atoms with Crippen LogP contribution in [0.25, 0.3) is 30.3 Å². The molecule has 27 heteroatoms. The number of ether oxygens (including phenoxy) is 6. The first-order valence-electron chi connectivity index (χ1n) is 31.3. The van der Waals surface area contributed by atoms with E-state index in [4.69, 9.17) is 98.0 Å². The van der Waals surface area contributed by atoms with Crippen LogP contribution in [0.4, 0.5) is 0 Å². The molecule has 3 N–H and O–H groups in total. The zero-order valence-corrected chi connectivity index (χ0v) is 62.9. The van der Waals surface area contributed by atoms with Gasteiger partial charge in [-0.15, -0.1) is 34.0 Å². The van der Waals surface area contributed by atoms with Crippen LogP contribution in [0.3, 0.4) is 0 Å². The topological polar surface area (TPSA) is 231 Å². The van der Waals surface area contributed by atoms with Gasteiger partial charge in [-0.1, -0.05) is 196 Å². The minimum absolute atomic E-state index is 0.230. The van der Waals surface area contributed by atoms with Gasteiger partial charge in [-0.05, 0) is 133 Å². The highest BCUT2D eigenvalue weighted by Crippen LogP contribution is 2.41. The van der Waals surface area contributed by atoms with Crippen LogP contribution in [0.15, 0.2) is 246 Å². The van der Waals surface area contributed by atoms with Crippen LogP contribution in [0, 0.1) is 6.92 Å². The number of carbonyl (C=O) groups excluding carboxylic acids is 6. The molecule has 0 atom stereocenters. The first-order valence-corrected chi connectivity index (χ1v) is 36.0. The molecule has 0 fully saturated rings. The molecule has 3 heterocycles. The molecule has 13 rings (SSSR count). The Balaban J connectivity index is 0.000000162. The third-order valence-electron chi connectivity index (χ3n) is 14.8. The Bertz CT molecular complexity index is 5000. The maximum Gasteiger partial charge on any atom is 0.355 e. The number of hydrogen-bond donors (Lipinski definition) is 3. The second-order valence-electron chi connectivity index (χ2n) is 21.8. The molecule has 10 aromatic carbocycles. The molecule has 106 heavy (non-hydrogen) atoms. The summed E-state index contributed by atoms with van der Waals surface area (Å²) in [6.45, 7) is 2.08. The summed E-state index contributed by atoms with van der Waals surface area (Å²) >= 11 is 40.9. The number of esters is 3. The van der Waals surface area contributed by atoms with Gasteiger partial charge in [-0.2, -0.15) is 15.3 Å². The zero-order chi connectivity index (χ0) is 75.2. The van der Waals surface area contributed by atoms with Gasteiger partial charge in [0.2, 0.25) is 0 Å². The summed E-state index contributed by atoms with van der Waals surface area (Å²) in [4.78, 5) is 75.7. The number of carbonyl (C=O) groups is 6. The van der Waals surface area contributed by atoms with Crippen molar-refractivity contribution in [1.82, 2.24) is 16.3 Å². The number of hydrazone groups is 3. The van der Waals surface area contributed by atoms with Gasteiger partial charge >= 0.3 is 17.9 Å². The molecule has 0 saturated carbocycles. The lowest BCUT2D eigenvalue weighted by molar-refractivity contribution is 0.0725. The van der Waals surface area contributed by atoms with Crippen molar-refractivity contribution in [1.29, 1.82) is 0 Å². The van der Waals surface area contributed by atoms with Crippen molar-refractivity contribution in [2.75, 3.05) is 21.3 Å². The van der Waals surface area contributed by atoms with Crippen molar-refractivity contribution in [3.63, 3.8) is 0 Å². The van der Waals surface area contributed by atoms with E-state index in [1.165, 1.54) is 79.5 Å². The fraction of sp³-hybridized carbons (Fsp3) is 0.0506. The lowest BCUT2D eigenvalue weighted by atomic mass is 10.2. The number of hydrogen-bond acceptors (Lipinski definition) is 18. The van der Waals surface area contributed by atoms with Crippen molar-refractivity contribution < 1.29 is 57.2 Å². The summed E-state index contributed by atoms with van der Waals surface area (Å²) in [6.07, 6.45) is 4.31. The fourth-order valence-corrected chi connectivity index (χ4v) is 14.4. The predicted octanol–water partition coefficient (Wildman–Crippen LogP) is 20.6. The van der Waals surface area contributed by atoms with E-state index >= 15 is 0 Å². The molecule has 0 saturated heterocycles. The third kappa shape index (κ3) is 20.1. The van der Waals surface area contributed by atoms with E-state index in [1.807, 2.05) is 91.0 Å². The summed E-state index contributed by atoms with van der Waals surface area (Å²) in [7, 11) is 4.37. The smallest absolute Gasteiger partial charge is 0.355 e. The quantitative estimate of drug-likeness (QED) is 0.0315. The molecular weight excluding hydrogens is 1530 g/mol. The van der Waals surface area contributed by atoms with Crippen molar-refractivity contribution in [2.24, 2.45) is 15.3 Å². The Morgan fingerprint density at radius 3 is 0.849 bits per heavy atom. The van der Waals surface area contributed by atoms with Crippen LogP contribution in [-0.4, -0.2) is 75.6 Å². The van der Waals surface area contributed by atoms with Crippen molar-refractivity contribution >= 4 is 188 Å². The van der Waals surface area contributed by atoms with Gasteiger partial charge in [0.05, 0.1) is 86.8 Å². The minimum Gasteiger partial charge on any atom is -0.493 e. The van der Waals surface area contributed by atoms with Crippen molar-refractivity contribution in [3.05, 3.63) is 314 Å². The van der Waals surface area contributed by atoms with Gasteiger partial charge in [-0.3, -0.25) is 14.4 Å². The van der Waals surface area contributed by atoms with E-state index in [2.05, 4.69) is 50.6 Å². The van der Waals surface area contributed by atoms with E-state index in [9.17, 15) is 28.8 Å². The first-order chi connectivity index (χ1) is 51.3. The van der Waals surface area contributed by atoms with Gasteiger partial charge < -0.3 is 28.4 Å². The molecule has 0 radical (unpaired) electrons. The highest BCUT2D eigenvalue weighted by atomic mass is 35.5. The molecule has 0 spiro atoms. The normalized spacial score (nSPS) is 10.8. The van der Waals surface area contributed by atoms with Gasteiger partial charge in [0.25, 0.3) is 17.7 Å². The summed E-state index contributed by atoms with van der Waals surface area (Å²) in [5, 5.41) is 16.3. The molecule has 0 aliphatic carbocycles. The van der Waals surface area contributed by atoms with Crippen LogP contribution in [0.2, 0.25) is 30.1 Å². The molecule has 3 aromatic heterocycles. The summed E-state index contributed by atoms with van der Waals surface area (Å²) in [5.74, 6) is -1.38. The number of nitrogens with zero attached hydrogens (tertiary/aromatic N) is 3. The number of methoxy groups -OCH3 is 3. The van der Waals surface area contributed by atoms with Gasteiger partial charge in [0, 0.05) is 30.3 Å². The van der Waals surface area contributed by atoms with Crippen LogP contribution in [0.1, 0.15) is 82.3 Å². The average Bonchev–Trinajstić information content (AvgIpc) is 1.66. The lowest BCUT2D eigenvalue weighted by Gasteiger charge is -2.09. The fourth-order valence-electron chi connectivity index (χ4n) is 9.57. The third-order valence-corrected chi connectivity index (χ3v) is 20.7. The van der Waals surface area contributed by atoms with Gasteiger partial charge in [-0.25, -0.2) is 30.7 Å². The predicted molar refractivity (Wildman–Crippen MR) is 425 cm³/mol. The number of rotatable bonds is 18. The first kappa shape index (κ1) is 77.7. The zero-order valence-electron chi connectivity index (χ0n) is 55.9. The van der Waals surface area contributed by atoms with Crippen LogP contribution >= 0.6 is 104 Å². The maximum absolute atomic E-state index is 12.7. The molecule has 13 aromatic rings. The average molecular weight is 1590 g/mol. The highest BCUT2D eigenvalue weighted by molar-refractivity contribution is 7.22. The SMILES string of the molecule is COc1cc(/C=N/NC(=O)c2ccccc2Cl)ccc1OC(=O)c1sc2ccccc2c1Cl.COc1cc(/C=N/NC(=O)c2ccccc2Cl)ccc1OC(=O)c1sc2ccccc2c1Cl.COc1cc(/C=N/NC(=O)c2ccccc2Cl)ccc1OC(=O)c1sc2ccccc2c1Cl.Cc1ccccc1. The van der Waals surface area contributed by atoms with Crippen LogP contribution in [0.5, 0.6) is 34.5 Å². The number of amides is 3. The number of aryl methyl sites for hydroxylation is 1. The molecule has 0 aliphatic heterocycles. The molecular formula is C79H56Cl6N6O12S3. The van der Waals surface area contributed by atoms with Crippen LogP contribution < -0.4 is 44.7 Å². The van der Waals surface area contributed by atoms with E-state index < -0.39 is 35.6 Å². The summed E-state index contributed by atoms with van der Waals surface area (Å²) in [6, 6.07) is 67.3. The Hall–Kier alpha value is -11.0. The standard InChI is InChI=1S/3C24H16Cl2N2O4S.C7H8/c3*1-31-19-12-14(13-27-28-23(29)15-6-2-4-8-17(15)25)10-11-18(19)32-24(30)22-21(26)16-7-3-5-9-20(16)33-22;1-7-5-3-2-4-6-7/h3*2-13H,1H3,(H,28,29);2-6H,1H3/b3*27-13+;. The Kier molecular flexibility index (Phi) is 27.6. The second-order valence-corrected chi connectivity index (χ2v) is 27.3. The number of thiophene rings is 3. The Labute approximate surface area is 648 Å². The number of halogens is 6. The molecule has 3 amide bonds. The molecule has 18 nitrogen and oxygen atoms in total. The maximum atomic E-state index is 12.7. The number of benzene rings is 10. The van der Waals surface area contributed by atoms with Gasteiger partial charge in [0.15, 0.2) is 34.5 Å². The summed E-state index contributed by atoms with van der Waals surface area (Å²) < 4.78 is 35.3. The van der Waals surface area contributed by atoms with Crippen molar-refractivity contribution in [2.45, 2.75) is 6.92 Å². The molecule has 0 aliphatic rings. The van der Waals surface area contributed by atoms with Crippen LogP contribution in [-0.2, 0) is 0 Å². The Morgan fingerprint density at radius 1 is 0.330 bits per heavy atom. The number of fused-ring (bicyclic) bond motifs is 3. The minimum atomic E-state index is -0.576. The molecule has 0 bridgehead atoms. The van der Waals surface area contributed by atoms with E-state index in [-0.39, 0.29) is 17.2 Å². The molecule has 0 unspecified atom stereocenters. The lowest BCUT2D eigenvalue weighted by Crippen LogP contribution is -2.17. The highest BCUT2D eigenvalue weighted by Gasteiger charge is 2.24. The van der Waals surface area contributed by atoms with Gasteiger partial charge in [0.1, 0.15) is 14.6 Å². The largest absolute Gasteiger partial charge is 0.493 e. The Morgan fingerprint density at radius 2 is 0.594 bits per heavy atom.